The van der Waals surface area contributed by atoms with Gasteiger partial charge in [0.2, 0.25) is 0 Å². The third kappa shape index (κ3) is 7.92. The van der Waals surface area contributed by atoms with Gasteiger partial charge in [-0.3, -0.25) is 0 Å². The Labute approximate surface area is 103 Å². The maximum Gasteiger partial charge on any atom is 0.00958 e. The van der Waals surface area contributed by atoms with Crippen molar-refractivity contribution in [3.05, 3.63) is 12.2 Å². The maximum absolute atomic E-state index is 3.30. The van der Waals surface area contributed by atoms with Gasteiger partial charge in [-0.1, -0.05) is 52.7 Å². The summed E-state index contributed by atoms with van der Waals surface area (Å²) in [7, 11) is 2.03. The summed E-state index contributed by atoms with van der Waals surface area (Å²) < 4.78 is 0. The molecule has 0 aliphatic carbocycles. The summed E-state index contributed by atoms with van der Waals surface area (Å²) >= 11 is 0. The van der Waals surface area contributed by atoms with Gasteiger partial charge in [0.15, 0.2) is 0 Å². The molecule has 0 bridgehead atoms. The number of nitrogens with one attached hydrogen (secondary N) is 1. The molecule has 0 saturated carbocycles. The van der Waals surface area contributed by atoms with Gasteiger partial charge in [-0.05, 0) is 38.1 Å². The van der Waals surface area contributed by atoms with Crippen molar-refractivity contribution in [1.82, 2.24) is 5.32 Å². The van der Waals surface area contributed by atoms with Crippen LogP contribution in [0.25, 0.3) is 0 Å². The summed E-state index contributed by atoms with van der Waals surface area (Å²) in [5.41, 5.74) is 0. The van der Waals surface area contributed by atoms with Gasteiger partial charge in [-0.25, -0.2) is 0 Å². The average molecular weight is 225 g/mol. The van der Waals surface area contributed by atoms with E-state index >= 15 is 0 Å². The van der Waals surface area contributed by atoms with Gasteiger partial charge in [-0.15, -0.1) is 0 Å². The molecule has 16 heavy (non-hydrogen) atoms. The molecule has 3 unspecified atom stereocenters. The fourth-order valence-corrected chi connectivity index (χ4v) is 1.74. The molecule has 0 rings (SSSR count). The second kappa shape index (κ2) is 8.81. The van der Waals surface area contributed by atoms with Crippen molar-refractivity contribution in [2.45, 2.75) is 59.9 Å². The predicted molar refractivity (Wildman–Crippen MR) is 74.7 cm³/mol. The molecule has 0 saturated heterocycles. The summed E-state index contributed by atoms with van der Waals surface area (Å²) in [6.45, 7) is 11.4. The largest absolute Gasteiger partial charge is 0.317 e. The van der Waals surface area contributed by atoms with Gasteiger partial charge >= 0.3 is 0 Å². The van der Waals surface area contributed by atoms with Crippen molar-refractivity contribution in [3.63, 3.8) is 0 Å². The molecule has 0 amide bonds. The van der Waals surface area contributed by atoms with Crippen molar-refractivity contribution in [3.8, 4) is 0 Å². The van der Waals surface area contributed by atoms with Crippen LogP contribution in [0.2, 0.25) is 0 Å². The summed E-state index contributed by atoms with van der Waals surface area (Å²) in [5, 5.41) is 3.30. The van der Waals surface area contributed by atoms with E-state index in [0.717, 1.165) is 11.8 Å². The van der Waals surface area contributed by atoms with E-state index in [1.54, 1.807) is 0 Å². The summed E-state index contributed by atoms with van der Waals surface area (Å²) in [5.74, 6) is 2.20. The fraction of sp³-hybridized carbons (Fsp3) is 0.867. The van der Waals surface area contributed by atoms with Crippen LogP contribution in [0.4, 0.5) is 0 Å². The van der Waals surface area contributed by atoms with E-state index in [0.29, 0.717) is 12.0 Å². The van der Waals surface area contributed by atoms with E-state index < -0.39 is 0 Å². The Bertz CT molecular complexity index is 184. The monoisotopic (exact) mass is 225 g/mol. The quantitative estimate of drug-likeness (QED) is 0.609. The van der Waals surface area contributed by atoms with Crippen LogP contribution in [0.1, 0.15) is 53.9 Å². The molecule has 0 aromatic heterocycles. The summed E-state index contributed by atoms with van der Waals surface area (Å²) in [6, 6.07) is 0.569. The van der Waals surface area contributed by atoms with Gasteiger partial charge < -0.3 is 5.32 Å². The number of hydrogen-bond acceptors (Lipinski definition) is 1. The third-order valence-electron chi connectivity index (χ3n) is 3.43. The molecule has 1 nitrogen and oxygen atoms in total. The highest BCUT2D eigenvalue weighted by atomic mass is 14.9. The van der Waals surface area contributed by atoms with Crippen LogP contribution >= 0.6 is 0 Å². The zero-order valence-electron chi connectivity index (χ0n) is 12.1. The molecule has 0 fully saturated rings. The summed E-state index contributed by atoms with van der Waals surface area (Å²) in [4.78, 5) is 0. The predicted octanol–water partition coefficient (Wildman–Crippen LogP) is 4.25. The topological polar surface area (TPSA) is 12.0 Å². The van der Waals surface area contributed by atoms with Crippen LogP contribution in [-0.4, -0.2) is 13.1 Å². The minimum atomic E-state index is 0.569. The molecule has 0 heterocycles. The van der Waals surface area contributed by atoms with Crippen molar-refractivity contribution in [2.75, 3.05) is 7.05 Å². The zero-order chi connectivity index (χ0) is 12.6. The van der Waals surface area contributed by atoms with Crippen molar-refractivity contribution in [2.24, 2.45) is 17.8 Å². The summed E-state index contributed by atoms with van der Waals surface area (Å²) in [6.07, 6.45) is 8.80. The molecule has 0 aromatic rings. The van der Waals surface area contributed by atoms with Crippen LogP contribution in [-0.2, 0) is 0 Å². The first-order chi connectivity index (χ1) is 7.47. The van der Waals surface area contributed by atoms with E-state index in [-0.39, 0.29) is 0 Å². The van der Waals surface area contributed by atoms with Crippen LogP contribution in [0.15, 0.2) is 12.2 Å². The Morgan fingerprint density at radius 2 is 1.56 bits per heavy atom. The second-order valence-corrected chi connectivity index (χ2v) is 5.62. The van der Waals surface area contributed by atoms with Crippen LogP contribution in [0.5, 0.6) is 0 Å². The number of allylic oxidation sites excluding steroid dienone is 1. The molecule has 0 aliphatic heterocycles. The molecule has 0 radical (unpaired) electrons. The molecule has 1 N–H and O–H groups in total. The van der Waals surface area contributed by atoms with E-state index in [9.17, 15) is 0 Å². The molecule has 96 valence electrons. The Balaban J connectivity index is 3.76. The van der Waals surface area contributed by atoms with Gasteiger partial charge in [0, 0.05) is 6.04 Å². The zero-order valence-corrected chi connectivity index (χ0v) is 12.1. The van der Waals surface area contributed by atoms with Gasteiger partial charge in [0.1, 0.15) is 0 Å². The first kappa shape index (κ1) is 15.7. The molecule has 0 aromatic carbocycles. The van der Waals surface area contributed by atoms with Gasteiger partial charge in [0.25, 0.3) is 0 Å². The Morgan fingerprint density at radius 3 is 2.06 bits per heavy atom. The van der Waals surface area contributed by atoms with E-state index in [1.807, 2.05) is 7.05 Å². The second-order valence-electron chi connectivity index (χ2n) is 5.62. The van der Waals surface area contributed by atoms with Crippen LogP contribution < -0.4 is 5.32 Å². The highest BCUT2D eigenvalue weighted by molar-refractivity contribution is 4.93. The Hall–Kier alpha value is -0.300. The minimum Gasteiger partial charge on any atom is -0.317 e. The van der Waals surface area contributed by atoms with Gasteiger partial charge in [-0.2, -0.15) is 0 Å². The maximum atomic E-state index is 3.30. The van der Waals surface area contributed by atoms with Gasteiger partial charge in [0.05, 0.1) is 0 Å². The number of hydrogen-bond donors (Lipinski definition) is 1. The highest BCUT2D eigenvalue weighted by Gasteiger charge is 2.06. The lowest BCUT2D eigenvalue weighted by atomic mass is 9.96. The Kier molecular flexibility index (Phi) is 8.64. The first-order valence-corrected chi connectivity index (χ1v) is 6.83. The molecular formula is C15H31N. The lowest BCUT2D eigenvalue weighted by Crippen LogP contribution is -2.27. The lowest BCUT2D eigenvalue weighted by Gasteiger charge is -2.16. The fourth-order valence-electron chi connectivity index (χ4n) is 1.74. The SMILES string of the molecule is CNC(C)C(C)/C=C\C(C)CCCC(C)C. The Morgan fingerprint density at radius 1 is 0.938 bits per heavy atom. The van der Waals surface area contributed by atoms with Crippen molar-refractivity contribution >= 4 is 0 Å². The standard InChI is InChI=1S/C15H31N/c1-12(2)8-7-9-13(3)10-11-14(4)15(5)16-6/h10-16H,7-9H2,1-6H3/b11-10-. The third-order valence-corrected chi connectivity index (χ3v) is 3.43. The van der Waals surface area contributed by atoms with E-state index in [4.69, 9.17) is 0 Å². The molecule has 3 atom stereocenters. The normalized spacial score (nSPS) is 17.9. The van der Waals surface area contributed by atoms with Crippen LogP contribution in [0, 0.1) is 17.8 Å². The average Bonchev–Trinajstić information content (AvgIpc) is 2.24. The first-order valence-electron chi connectivity index (χ1n) is 6.83. The van der Waals surface area contributed by atoms with Crippen molar-refractivity contribution < 1.29 is 0 Å². The number of rotatable bonds is 8. The van der Waals surface area contributed by atoms with E-state index in [1.165, 1.54) is 19.3 Å². The molecule has 1 heteroatoms. The minimum absolute atomic E-state index is 0.569. The molecule has 0 aliphatic rings. The highest BCUT2D eigenvalue weighted by Crippen LogP contribution is 2.14. The lowest BCUT2D eigenvalue weighted by molar-refractivity contribution is 0.485. The van der Waals surface area contributed by atoms with E-state index in [2.05, 4.69) is 52.1 Å². The molecule has 0 spiro atoms. The smallest absolute Gasteiger partial charge is 0.00958 e. The van der Waals surface area contributed by atoms with Crippen LogP contribution in [0.3, 0.4) is 0 Å². The molecular weight excluding hydrogens is 194 g/mol. The van der Waals surface area contributed by atoms with Crippen molar-refractivity contribution in [1.29, 1.82) is 0 Å².